The second kappa shape index (κ2) is 10.2. The number of carboxylic acids is 1. The van der Waals surface area contributed by atoms with Crippen LogP contribution in [0.25, 0.3) is 11.1 Å². The van der Waals surface area contributed by atoms with Gasteiger partial charge in [0.1, 0.15) is 10.7 Å². The lowest BCUT2D eigenvalue weighted by atomic mass is 9.84. The van der Waals surface area contributed by atoms with Gasteiger partial charge in [0.15, 0.2) is 0 Å². The van der Waals surface area contributed by atoms with Crippen LogP contribution in [0.1, 0.15) is 44.3 Å². The smallest absolute Gasteiger partial charge is 0.345 e. The van der Waals surface area contributed by atoms with Crippen LogP contribution in [0, 0.1) is 12.7 Å². The van der Waals surface area contributed by atoms with Gasteiger partial charge in [0.25, 0.3) is 5.56 Å². The maximum Gasteiger partial charge on any atom is 0.345 e. The van der Waals surface area contributed by atoms with E-state index in [-0.39, 0.29) is 27.6 Å². The fourth-order valence-corrected chi connectivity index (χ4v) is 4.79. The number of thiophene rings is 1. The van der Waals surface area contributed by atoms with Crippen molar-refractivity contribution in [2.75, 3.05) is 0 Å². The van der Waals surface area contributed by atoms with Crippen LogP contribution >= 0.6 is 22.9 Å². The highest BCUT2D eigenvalue weighted by atomic mass is 35.5. The summed E-state index contributed by atoms with van der Waals surface area (Å²) in [4.78, 5) is 25.8. The third-order valence-electron chi connectivity index (χ3n) is 5.73. The Balaban J connectivity index is 1.73. The molecule has 0 aliphatic heterocycles. The second-order valence-electron chi connectivity index (χ2n) is 8.00. The van der Waals surface area contributed by atoms with Crippen LogP contribution < -0.4 is 5.56 Å². The summed E-state index contributed by atoms with van der Waals surface area (Å²) in [5.74, 6) is -2.01. The summed E-state index contributed by atoms with van der Waals surface area (Å²) >= 11 is 7.11. The average Bonchev–Trinajstić information content (AvgIpc) is 3.34. The van der Waals surface area contributed by atoms with Crippen molar-refractivity contribution >= 4 is 34.6 Å². The summed E-state index contributed by atoms with van der Waals surface area (Å²) in [7, 11) is 0. The van der Waals surface area contributed by atoms with Crippen molar-refractivity contribution in [3.8, 4) is 11.1 Å². The Bertz CT molecular complexity index is 1480. The molecule has 1 atom stereocenters. The number of aromatic nitrogens is 1. The molecule has 1 unspecified atom stereocenters. The molecule has 0 fully saturated rings. The predicted octanol–water partition coefficient (Wildman–Crippen LogP) is 6.30. The van der Waals surface area contributed by atoms with Crippen molar-refractivity contribution in [2.24, 2.45) is 5.16 Å². The van der Waals surface area contributed by atoms with Crippen molar-refractivity contribution in [1.29, 1.82) is 0 Å². The minimum atomic E-state index is -0.982. The standard InChI is InChI=1S/C26H20ClFN2O4S/c1-14-8-17(12-29-25(14)31)23(30-34)11-21(20-7-6-19(27)10-22(20)28)16-4-2-15(3-5-16)18-9-24(26(32)33)35-13-18/h2-10,12-13,21,34H,11H2,1H3,(H,29,31)(H,32,33). The molecule has 0 saturated heterocycles. The Hall–Kier alpha value is -3.75. The minimum absolute atomic E-state index is 0.140. The number of aryl methyl sites for hydroxylation is 1. The molecule has 9 heteroatoms. The Morgan fingerprint density at radius 3 is 2.49 bits per heavy atom. The lowest BCUT2D eigenvalue weighted by Gasteiger charge is -2.20. The van der Waals surface area contributed by atoms with E-state index in [0.29, 0.717) is 16.7 Å². The van der Waals surface area contributed by atoms with E-state index in [1.807, 2.05) is 24.3 Å². The van der Waals surface area contributed by atoms with Gasteiger partial charge in [0, 0.05) is 34.7 Å². The first-order valence-electron chi connectivity index (χ1n) is 10.5. The summed E-state index contributed by atoms with van der Waals surface area (Å²) in [6, 6.07) is 15.0. The normalized spacial score (nSPS) is 12.5. The molecular weight excluding hydrogens is 491 g/mol. The number of benzene rings is 2. The van der Waals surface area contributed by atoms with Gasteiger partial charge in [-0.1, -0.05) is 47.1 Å². The van der Waals surface area contributed by atoms with Gasteiger partial charge in [-0.3, -0.25) is 4.79 Å². The molecule has 4 aromatic rings. The molecule has 6 nitrogen and oxygen atoms in total. The fourth-order valence-electron chi connectivity index (χ4n) is 3.87. The molecule has 3 N–H and O–H groups in total. The van der Waals surface area contributed by atoms with Gasteiger partial charge in [-0.05, 0) is 58.8 Å². The molecule has 0 amide bonds. The third kappa shape index (κ3) is 5.34. The number of pyridine rings is 1. The van der Waals surface area contributed by atoms with E-state index in [0.717, 1.165) is 28.0 Å². The van der Waals surface area contributed by atoms with E-state index in [1.165, 1.54) is 12.3 Å². The average molecular weight is 511 g/mol. The summed E-state index contributed by atoms with van der Waals surface area (Å²) in [6.45, 7) is 1.65. The molecule has 4 rings (SSSR count). The Morgan fingerprint density at radius 2 is 1.89 bits per heavy atom. The van der Waals surface area contributed by atoms with Crippen LogP contribution in [0.5, 0.6) is 0 Å². The molecule has 2 aromatic carbocycles. The van der Waals surface area contributed by atoms with Gasteiger partial charge in [0.05, 0.1) is 5.71 Å². The van der Waals surface area contributed by atoms with Crippen molar-refractivity contribution in [3.63, 3.8) is 0 Å². The van der Waals surface area contributed by atoms with Crippen LogP contribution in [-0.2, 0) is 0 Å². The molecule has 0 aliphatic rings. The molecule has 0 spiro atoms. The molecule has 0 bridgehead atoms. The summed E-state index contributed by atoms with van der Waals surface area (Å²) < 4.78 is 15.0. The zero-order valence-corrected chi connectivity index (χ0v) is 20.0. The van der Waals surface area contributed by atoms with Crippen molar-refractivity contribution < 1.29 is 19.5 Å². The van der Waals surface area contributed by atoms with Gasteiger partial charge in [0.2, 0.25) is 0 Å². The van der Waals surface area contributed by atoms with E-state index in [4.69, 9.17) is 11.6 Å². The molecule has 0 aliphatic carbocycles. The van der Waals surface area contributed by atoms with E-state index in [2.05, 4.69) is 10.1 Å². The van der Waals surface area contributed by atoms with Crippen LogP contribution in [0.2, 0.25) is 5.02 Å². The van der Waals surface area contributed by atoms with Crippen LogP contribution in [0.15, 0.2) is 76.1 Å². The van der Waals surface area contributed by atoms with Crippen LogP contribution in [-0.4, -0.2) is 27.0 Å². The van der Waals surface area contributed by atoms with Gasteiger partial charge in [-0.15, -0.1) is 11.3 Å². The number of hydrogen-bond acceptors (Lipinski definition) is 5. The Morgan fingerprint density at radius 1 is 1.14 bits per heavy atom. The highest BCUT2D eigenvalue weighted by Crippen LogP contribution is 2.34. The summed E-state index contributed by atoms with van der Waals surface area (Å²) in [5, 5.41) is 24.4. The second-order valence-corrected chi connectivity index (χ2v) is 9.34. The zero-order valence-electron chi connectivity index (χ0n) is 18.5. The summed E-state index contributed by atoms with van der Waals surface area (Å²) in [5.41, 5.74) is 3.71. The maximum absolute atomic E-state index is 15.0. The molecule has 178 valence electrons. The van der Waals surface area contributed by atoms with E-state index in [9.17, 15) is 24.3 Å². The van der Waals surface area contributed by atoms with Crippen LogP contribution in [0.3, 0.4) is 0 Å². The molecule has 0 saturated carbocycles. The number of halogens is 2. The Labute approximate surface area is 209 Å². The number of H-pyrrole nitrogens is 1. The number of carboxylic acid groups (broad SMARTS) is 1. The molecule has 2 aromatic heterocycles. The number of hydrogen-bond donors (Lipinski definition) is 3. The van der Waals surface area contributed by atoms with Crippen molar-refractivity contribution in [2.45, 2.75) is 19.3 Å². The maximum atomic E-state index is 15.0. The molecule has 0 radical (unpaired) electrons. The number of nitrogens with zero attached hydrogens (tertiary/aromatic N) is 1. The van der Waals surface area contributed by atoms with Gasteiger partial charge < -0.3 is 15.3 Å². The Kier molecular flexibility index (Phi) is 7.14. The first-order chi connectivity index (χ1) is 16.8. The number of oxime groups is 1. The van der Waals surface area contributed by atoms with Gasteiger partial charge in [-0.2, -0.15) is 0 Å². The number of aromatic carboxylic acids is 1. The minimum Gasteiger partial charge on any atom is -0.477 e. The highest BCUT2D eigenvalue weighted by Gasteiger charge is 2.22. The fraction of sp³-hybridized carbons (Fsp3) is 0.115. The van der Waals surface area contributed by atoms with Crippen LogP contribution in [0.4, 0.5) is 4.39 Å². The van der Waals surface area contributed by atoms with E-state index < -0.39 is 17.7 Å². The first kappa shape index (κ1) is 24.4. The van der Waals surface area contributed by atoms with Crippen molar-refractivity contribution in [1.82, 2.24) is 4.98 Å². The van der Waals surface area contributed by atoms with Gasteiger partial charge in [-0.25, -0.2) is 9.18 Å². The molecule has 35 heavy (non-hydrogen) atoms. The van der Waals surface area contributed by atoms with E-state index in [1.54, 1.807) is 36.6 Å². The molecule has 2 heterocycles. The van der Waals surface area contributed by atoms with Crippen molar-refractivity contribution in [3.05, 3.63) is 114 Å². The number of nitrogens with one attached hydrogen (secondary N) is 1. The topological polar surface area (TPSA) is 103 Å². The first-order valence-corrected chi connectivity index (χ1v) is 11.8. The summed E-state index contributed by atoms with van der Waals surface area (Å²) in [6.07, 6.45) is 1.60. The quantitative estimate of drug-likeness (QED) is 0.154. The SMILES string of the molecule is Cc1cc(C(CC(c2ccc(-c3csc(C(=O)O)c3)cc2)c2ccc(Cl)cc2F)=NO)c[nH]c1=O. The monoisotopic (exact) mass is 510 g/mol. The predicted molar refractivity (Wildman–Crippen MR) is 135 cm³/mol. The lowest BCUT2D eigenvalue weighted by molar-refractivity contribution is 0.0702. The zero-order chi connectivity index (χ0) is 25.1. The molecular formula is C26H20ClFN2O4S. The van der Waals surface area contributed by atoms with Gasteiger partial charge >= 0.3 is 5.97 Å². The van der Waals surface area contributed by atoms with E-state index >= 15 is 0 Å². The number of rotatable bonds is 7. The third-order valence-corrected chi connectivity index (χ3v) is 6.89. The highest BCUT2D eigenvalue weighted by molar-refractivity contribution is 7.12. The number of carbonyl (C=O) groups is 1. The number of aromatic amines is 1. The lowest BCUT2D eigenvalue weighted by Crippen LogP contribution is -2.15. The largest absolute Gasteiger partial charge is 0.477 e.